The Morgan fingerprint density at radius 3 is 2.66 bits per heavy atom. The molecule has 1 aliphatic heterocycles. The molecule has 0 saturated carbocycles. The fourth-order valence-electron chi connectivity index (χ4n) is 3.95. The summed E-state index contributed by atoms with van der Waals surface area (Å²) < 4.78 is 13.8. The van der Waals surface area contributed by atoms with Crippen LogP contribution >= 0.6 is 22.9 Å². The van der Waals surface area contributed by atoms with Gasteiger partial charge in [0.1, 0.15) is 23.7 Å². The van der Waals surface area contributed by atoms with Crippen LogP contribution in [-0.2, 0) is 6.42 Å². The minimum Gasteiger partial charge on any atom is -0.507 e. The van der Waals surface area contributed by atoms with E-state index in [1.807, 2.05) is 35.3 Å². The van der Waals surface area contributed by atoms with Crippen LogP contribution in [0.25, 0.3) is 6.08 Å². The summed E-state index contributed by atoms with van der Waals surface area (Å²) in [5.41, 5.74) is 2.74. The standard InChI is InChI=1S/C28H34INO5/c1-19(2)6-5-14-28(3)15-13-22-20(8-12-25(32)27(22)35-28)7-11-24(31)23-10-9-21(18-26(23)33)34-17-16-30(4)29/h6,8-10,12-13,15,18,32-33H,5,7,11,14,16-17H2,1-4H3/t28-/m1/s1. The number of carbonyl (C=O) groups excluding carboxylic acids is 1. The Morgan fingerprint density at radius 1 is 1.20 bits per heavy atom. The minimum atomic E-state index is -0.507. The van der Waals surface area contributed by atoms with Crippen LogP contribution in [0.3, 0.4) is 0 Å². The second-order valence-electron chi connectivity index (χ2n) is 9.33. The smallest absolute Gasteiger partial charge is 0.169 e. The van der Waals surface area contributed by atoms with Gasteiger partial charge in [-0.1, -0.05) is 23.8 Å². The van der Waals surface area contributed by atoms with Crippen LogP contribution in [0.1, 0.15) is 61.5 Å². The second-order valence-corrected chi connectivity index (χ2v) is 11.0. The third-order valence-electron chi connectivity index (χ3n) is 5.96. The van der Waals surface area contributed by atoms with Gasteiger partial charge >= 0.3 is 0 Å². The molecule has 2 aromatic carbocycles. The first kappa shape index (κ1) is 27.1. The number of Topliss-reactive ketones (excluding diaryl/α,β-unsaturated/α-hetero) is 1. The molecule has 0 saturated heterocycles. The maximum Gasteiger partial charge on any atom is 0.169 e. The van der Waals surface area contributed by atoms with Gasteiger partial charge in [-0.05, 0) is 76.9 Å². The first-order valence-corrected chi connectivity index (χ1v) is 12.8. The van der Waals surface area contributed by atoms with Gasteiger partial charge in [0.15, 0.2) is 17.3 Å². The van der Waals surface area contributed by atoms with Gasteiger partial charge in [0.2, 0.25) is 0 Å². The number of benzene rings is 2. The summed E-state index contributed by atoms with van der Waals surface area (Å²) in [6.07, 6.45) is 8.55. The van der Waals surface area contributed by atoms with E-state index in [0.29, 0.717) is 24.5 Å². The van der Waals surface area contributed by atoms with Gasteiger partial charge in [-0.2, -0.15) is 0 Å². The van der Waals surface area contributed by atoms with Crippen molar-refractivity contribution >= 4 is 34.7 Å². The molecule has 0 spiro atoms. The summed E-state index contributed by atoms with van der Waals surface area (Å²) in [5.74, 6) is 0.835. The number of phenolic OH excluding ortho intramolecular Hbond substituents is 2. The molecule has 1 aliphatic rings. The highest BCUT2D eigenvalue weighted by Gasteiger charge is 2.29. The molecule has 3 rings (SSSR count). The number of allylic oxidation sites excluding steroid dienone is 2. The van der Waals surface area contributed by atoms with Gasteiger partial charge in [-0.3, -0.25) is 4.79 Å². The van der Waals surface area contributed by atoms with Crippen molar-refractivity contribution in [2.24, 2.45) is 0 Å². The van der Waals surface area contributed by atoms with Gasteiger partial charge in [0.25, 0.3) is 0 Å². The summed E-state index contributed by atoms with van der Waals surface area (Å²) in [7, 11) is 1.95. The number of hydrogen-bond acceptors (Lipinski definition) is 6. The van der Waals surface area contributed by atoms with Crippen molar-refractivity contribution in [2.75, 3.05) is 20.2 Å². The van der Waals surface area contributed by atoms with Gasteiger partial charge in [0, 0.05) is 47.5 Å². The Kier molecular flexibility index (Phi) is 9.24. The molecule has 188 valence electrons. The highest BCUT2D eigenvalue weighted by atomic mass is 127. The Hall–Kier alpha value is -2.52. The topological polar surface area (TPSA) is 79.2 Å². The van der Waals surface area contributed by atoms with Crippen molar-refractivity contribution in [3.63, 3.8) is 0 Å². The third-order valence-corrected chi connectivity index (χ3v) is 6.44. The third kappa shape index (κ3) is 7.48. The van der Waals surface area contributed by atoms with E-state index >= 15 is 0 Å². The Balaban J connectivity index is 1.67. The van der Waals surface area contributed by atoms with E-state index in [1.54, 1.807) is 18.2 Å². The van der Waals surface area contributed by atoms with Crippen LogP contribution in [0.2, 0.25) is 0 Å². The van der Waals surface area contributed by atoms with Crippen LogP contribution in [-0.4, -0.2) is 44.9 Å². The highest BCUT2D eigenvalue weighted by molar-refractivity contribution is 14.1. The Labute approximate surface area is 221 Å². The number of halogens is 1. The maximum absolute atomic E-state index is 12.9. The second kappa shape index (κ2) is 11.9. The zero-order valence-corrected chi connectivity index (χ0v) is 23.0. The number of hydrogen-bond donors (Lipinski definition) is 2. The number of aromatic hydroxyl groups is 2. The van der Waals surface area contributed by atoms with Crippen LogP contribution in [0.15, 0.2) is 48.1 Å². The number of likely N-dealkylation sites (N-methyl/N-ethyl adjacent to an activating group) is 1. The van der Waals surface area contributed by atoms with E-state index in [-0.39, 0.29) is 29.3 Å². The van der Waals surface area contributed by atoms with Crippen LogP contribution in [0.4, 0.5) is 0 Å². The van der Waals surface area contributed by atoms with E-state index in [4.69, 9.17) is 9.47 Å². The van der Waals surface area contributed by atoms with Crippen molar-refractivity contribution < 1.29 is 24.5 Å². The predicted octanol–water partition coefficient (Wildman–Crippen LogP) is 6.48. The molecule has 0 aliphatic carbocycles. The molecule has 0 aromatic heterocycles. The van der Waals surface area contributed by atoms with E-state index in [0.717, 1.165) is 30.5 Å². The Bertz CT molecular complexity index is 1120. The van der Waals surface area contributed by atoms with E-state index in [1.165, 1.54) is 11.6 Å². The summed E-state index contributed by atoms with van der Waals surface area (Å²) in [6, 6.07) is 8.23. The average molecular weight is 591 g/mol. The molecule has 0 radical (unpaired) electrons. The first-order chi connectivity index (χ1) is 16.6. The lowest BCUT2D eigenvalue weighted by atomic mass is 9.91. The monoisotopic (exact) mass is 591 g/mol. The van der Waals surface area contributed by atoms with Crippen LogP contribution in [0.5, 0.6) is 23.0 Å². The fourth-order valence-corrected chi connectivity index (χ4v) is 4.15. The molecular formula is C28H34INO5. The molecule has 0 fully saturated rings. The van der Waals surface area contributed by atoms with Crippen molar-refractivity contribution in [1.82, 2.24) is 3.11 Å². The Morgan fingerprint density at radius 2 is 1.97 bits per heavy atom. The lowest BCUT2D eigenvalue weighted by Crippen LogP contribution is -2.32. The number of carbonyl (C=O) groups is 1. The number of phenols is 2. The lowest BCUT2D eigenvalue weighted by molar-refractivity contribution is 0.0979. The molecule has 2 N–H and O–H groups in total. The quantitative estimate of drug-likeness (QED) is 0.135. The number of rotatable bonds is 11. The molecule has 2 aromatic rings. The summed E-state index contributed by atoms with van der Waals surface area (Å²) in [4.78, 5) is 12.9. The molecule has 0 bridgehead atoms. The van der Waals surface area contributed by atoms with E-state index in [9.17, 15) is 15.0 Å². The van der Waals surface area contributed by atoms with Gasteiger partial charge < -0.3 is 19.7 Å². The lowest BCUT2D eigenvalue weighted by Gasteiger charge is -2.32. The first-order valence-electron chi connectivity index (χ1n) is 11.8. The van der Waals surface area contributed by atoms with Crippen molar-refractivity contribution in [3.8, 4) is 23.0 Å². The molecule has 0 unspecified atom stereocenters. The molecule has 35 heavy (non-hydrogen) atoms. The van der Waals surface area contributed by atoms with Crippen LogP contribution < -0.4 is 9.47 Å². The SMILES string of the molecule is CC(C)=CCC[C@]1(C)C=Cc2c(CCC(=O)c3ccc(OCCN(C)I)cc3O)ccc(O)c2O1. The molecular weight excluding hydrogens is 557 g/mol. The number of aryl methyl sites for hydroxylation is 1. The normalized spacial score (nSPS) is 16.5. The highest BCUT2D eigenvalue weighted by Crippen LogP contribution is 2.42. The number of ketones is 1. The summed E-state index contributed by atoms with van der Waals surface area (Å²) >= 11 is 2.17. The fraction of sp³-hybridized carbons (Fsp3) is 0.393. The van der Waals surface area contributed by atoms with Crippen molar-refractivity contribution in [2.45, 2.75) is 52.1 Å². The zero-order valence-electron chi connectivity index (χ0n) is 20.8. The van der Waals surface area contributed by atoms with E-state index in [2.05, 4.69) is 42.8 Å². The minimum absolute atomic E-state index is 0.0848. The van der Waals surface area contributed by atoms with E-state index < -0.39 is 5.60 Å². The summed E-state index contributed by atoms with van der Waals surface area (Å²) in [5, 5.41) is 20.8. The molecule has 6 nitrogen and oxygen atoms in total. The number of nitrogens with zero attached hydrogens (tertiary/aromatic N) is 1. The molecule has 0 amide bonds. The number of fused-ring (bicyclic) bond motifs is 1. The predicted molar refractivity (Wildman–Crippen MR) is 148 cm³/mol. The summed E-state index contributed by atoms with van der Waals surface area (Å²) in [6.45, 7) is 7.38. The maximum atomic E-state index is 12.9. The van der Waals surface area contributed by atoms with Gasteiger partial charge in [-0.15, -0.1) is 0 Å². The van der Waals surface area contributed by atoms with Crippen molar-refractivity contribution in [3.05, 3.63) is 64.7 Å². The number of ether oxygens (including phenoxy) is 2. The molecule has 1 heterocycles. The van der Waals surface area contributed by atoms with Gasteiger partial charge in [-0.25, -0.2) is 3.11 Å². The van der Waals surface area contributed by atoms with Crippen molar-refractivity contribution in [1.29, 1.82) is 0 Å². The van der Waals surface area contributed by atoms with Crippen LogP contribution in [0, 0.1) is 0 Å². The largest absolute Gasteiger partial charge is 0.507 e. The molecule has 7 heteroatoms. The molecule has 1 atom stereocenters. The average Bonchev–Trinajstić information content (AvgIpc) is 2.78. The van der Waals surface area contributed by atoms with Gasteiger partial charge in [0.05, 0.1) is 5.56 Å². The zero-order chi connectivity index (χ0) is 25.6.